The van der Waals surface area contributed by atoms with Gasteiger partial charge < -0.3 is 16.6 Å². The number of anilines is 2. The average Bonchev–Trinajstić information content (AvgIpc) is 2.10. The van der Waals surface area contributed by atoms with Gasteiger partial charge >= 0.3 is 5.97 Å². The number of rotatable bonds is 5. The predicted octanol–water partition coefficient (Wildman–Crippen LogP) is 0.598. The molecule has 0 saturated heterocycles. The van der Waals surface area contributed by atoms with Gasteiger partial charge in [0.05, 0.1) is 0 Å². The molecule has 0 fully saturated rings. The first-order valence-electron chi connectivity index (χ1n) is 4.32. The lowest BCUT2D eigenvalue weighted by Crippen LogP contribution is -2.00. The van der Waals surface area contributed by atoms with Crippen molar-refractivity contribution in [2.24, 2.45) is 0 Å². The van der Waals surface area contributed by atoms with Gasteiger partial charge in [-0.25, -0.2) is 9.97 Å². The maximum atomic E-state index is 10.2. The minimum atomic E-state index is -0.802. The van der Waals surface area contributed by atoms with Crippen LogP contribution in [-0.2, 0) is 4.79 Å². The number of thioether (sulfide) groups is 1. The molecule has 7 heteroatoms. The Morgan fingerprint density at radius 3 is 2.53 bits per heavy atom. The van der Waals surface area contributed by atoms with Gasteiger partial charge in [0.1, 0.15) is 11.6 Å². The molecule has 82 valence electrons. The molecule has 15 heavy (non-hydrogen) atoms. The third-order valence-corrected chi connectivity index (χ3v) is 2.44. The number of nitrogens with two attached hydrogens (primary N) is 2. The number of aromatic nitrogens is 2. The lowest BCUT2D eigenvalue weighted by molar-refractivity contribution is -0.137. The van der Waals surface area contributed by atoms with E-state index in [9.17, 15) is 4.79 Å². The molecule has 1 heterocycles. The summed E-state index contributed by atoms with van der Waals surface area (Å²) in [6.07, 6.45) is 0.711. The maximum absolute atomic E-state index is 10.2. The highest BCUT2D eigenvalue weighted by atomic mass is 32.2. The van der Waals surface area contributed by atoms with Gasteiger partial charge in [0.2, 0.25) is 0 Å². The van der Waals surface area contributed by atoms with Crippen molar-refractivity contribution >= 4 is 29.4 Å². The van der Waals surface area contributed by atoms with E-state index in [2.05, 4.69) is 9.97 Å². The van der Waals surface area contributed by atoms with Gasteiger partial charge in [-0.3, -0.25) is 4.79 Å². The van der Waals surface area contributed by atoms with Crippen LogP contribution in [0.1, 0.15) is 12.8 Å². The molecule has 1 aromatic rings. The van der Waals surface area contributed by atoms with Crippen molar-refractivity contribution in [3.8, 4) is 0 Å². The Balaban J connectivity index is 2.40. The summed E-state index contributed by atoms with van der Waals surface area (Å²) < 4.78 is 0. The number of nitrogens with zero attached hydrogens (tertiary/aromatic N) is 2. The highest BCUT2D eigenvalue weighted by Crippen LogP contribution is 2.17. The number of hydrogen-bond donors (Lipinski definition) is 3. The van der Waals surface area contributed by atoms with Gasteiger partial charge in [-0.15, -0.1) is 0 Å². The number of aliphatic carboxylic acids is 1. The third kappa shape index (κ3) is 4.50. The minimum absolute atomic E-state index is 0.144. The monoisotopic (exact) mass is 228 g/mol. The maximum Gasteiger partial charge on any atom is 0.303 e. The van der Waals surface area contributed by atoms with Crippen molar-refractivity contribution < 1.29 is 9.90 Å². The molecule has 0 aromatic carbocycles. The van der Waals surface area contributed by atoms with Gasteiger partial charge in [0, 0.05) is 18.2 Å². The van der Waals surface area contributed by atoms with Crippen LogP contribution in [0, 0.1) is 0 Å². The second-order valence-corrected chi connectivity index (χ2v) is 3.91. The summed E-state index contributed by atoms with van der Waals surface area (Å²) >= 11 is 1.35. The molecule has 1 rings (SSSR count). The molecular weight excluding hydrogens is 216 g/mol. The Labute approximate surface area is 91.1 Å². The quantitative estimate of drug-likeness (QED) is 0.384. The molecule has 0 atom stereocenters. The Morgan fingerprint density at radius 2 is 2.00 bits per heavy atom. The zero-order chi connectivity index (χ0) is 11.3. The van der Waals surface area contributed by atoms with E-state index >= 15 is 0 Å². The molecule has 0 saturated carbocycles. The van der Waals surface area contributed by atoms with Gasteiger partial charge in [-0.2, -0.15) is 0 Å². The van der Waals surface area contributed by atoms with Gasteiger partial charge in [0.15, 0.2) is 5.16 Å². The molecule has 5 N–H and O–H groups in total. The van der Waals surface area contributed by atoms with Crippen LogP contribution in [-0.4, -0.2) is 26.8 Å². The topological polar surface area (TPSA) is 115 Å². The molecule has 1 aromatic heterocycles. The fourth-order valence-corrected chi connectivity index (χ4v) is 1.72. The van der Waals surface area contributed by atoms with Crippen LogP contribution in [0.25, 0.3) is 0 Å². The van der Waals surface area contributed by atoms with E-state index in [0.29, 0.717) is 29.0 Å². The first-order valence-corrected chi connectivity index (χ1v) is 5.31. The zero-order valence-electron chi connectivity index (χ0n) is 8.01. The van der Waals surface area contributed by atoms with Crippen molar-refractivity contribution in [2.75, 3.05) is 17.2 Å². The van der Waals surface area contributed by atoms with Crippen LogP contribution < -0.4 is 11.5 Å². The SMILES string of the molecule is Nc1cc(N)nc(SCCCC(=O)O)n1. The van der Waals surface area contributed by atoms with Gasteiger partial charge in [0.25, 0.3) is 0 Å². The number of hydrogen-bond acceptors (Lipinski definition) is 6. The van der Waals surface area contributed by atoms with Crippen LogP contribution in [0.5, 0.6) is 0 Å². The largest absolute Gasteiger partial charge is 0.481 e. The fraction of sp³-hybridized carbons (Fsp3) is 0.375. The van der Waals surface area contributed by atoms with E-state index in [0.717, 1.165) is 0 Å². The van der Waals surface area contributed by atoms with Crippen LogP contribution >= 0.6 is 11.8 Å². The molecule has 0 radical (unpaired) electrons. The summed E-state index contributed by atoms with van der Waals surface area (Å²) in [6.45, 7) is 0. The second kappa shape index (κ2) is 5.40. The van der Waals surface area contributed by atoms with Crippen molar-refractivity contribution in [2.45, 2.75) is 18.0 Å². The van der Waals surface area contributed by atoms with E-state index < -0.39 is 5.97 Å². The highest BCUT2D eigenvalue weighted by Gasteiger charge is 2.02. The van der Waals surface area contributed by atoms with Crippen molar-refractivity contribution in [1.29, 1.82) is 0 Å². The number of carbonyl (C=O) groups is 1. The molecule has 0 aliphatic rings. The van der Waals surface area contributed by atoms with Gasteiger partial charge in [-0.1, -0.05) is 11.8 Å². The number of nitrogen functional groups attached to an aromatic ring is 2. The van der Waals surface area contributed by atoms with Crippen LogP contribution in [0.4, 0.5) is 11.6 Å². The fourth-order valence-electron chi connectivity index (χ4n) is 0.913. The lowest BCUT2D eigenvalue weighted by Gasteiger charge is -2.01. The Morgan fingerprint density at radius 1 is 1.40 bits per heavy atom. The molecule has 6 nitrogen and oxygen atoms in total. The molecular formula is C8H12N4O2S. The molecule has 0 amide bonds. The van der Waals surface area contributed by atoms with E-state index in [1.807, 2.05) is 0 Å². The van der Waals surface area contributed by atoms with E-state index in [1.54, 1.807) is 0 Å². The number of carboxylic acid groups (broad SMARTS) is 1. The normalized spacial score (nSPS) is 10.1. The van der Waals surface area contributed by atoms with Crippen molar-refractivity contribution in [3.05, 3.63) is 6.07 Å². The van der Waals surface area contributed by atoms with Crippen LogP contribution in [0.2, 0.25) is 0 Å². The minimum Gasteiger partial charge on any atom is -0.481 e. The molecule has 0 aliphatic carbocycles. The first kappa shape index (κ1) is 11.6. The van der Waals surface area contributed by atoms with Crippen molar-refractivity contribution in [3.63, 3.8) is 0 Å². The summed E-state index contributed by atoms with van der Waals surface area (Å²) in [6, 6.07) is 1.47. The summed E-state index contributed by atoms with van der Waals surface area (Å²) in [5, 5.41) is 8.90. The summed E-state index contributed by atoms with van der Waals surface area (Å²) in [5.41, 5.74) is 10.9. The van der Waals surface area contributed by atoms with E-state index in [-0.39, 0.29) is 6.42 Å². The smallest absolute Gasteiger partial charge is 0.303 e. The summed E-state index contributed by atoms with van der Waals surface area (Å²) in [7, 11) is 0. The van der Waals surface area contributed by atoms with E-state index in [4.69, 9.17) is 16.6 Å². The first-order chi connectivity index (χ1) is 7.08. The Bertz CT molecular complexity index is 338. The summed E-state index contributed by atoms with van der Waals surface area (Å²) in [4.78, 5) is 18.1. The highest BCUT2D eigenvalue weighted by molar-refractivity contribution is 7.99. The average molecular weight is 228 g/mol. The molecule has 0 spiro atoms. The molecule has 0 bridgehead atoms. The zero-order valence-corrected chi connectivity index (χ0v) is 8.83. The Kier molecular flexibility index (Phi) is 4.17. The van der Waals surface area contributed by atoms with Gasteiger partial charge in [-0.05, 0) is 6.42 Å². The van der Waals surface area contributed by atoms with Crippen molar-refractivity contribution in [1.82, 2.24) is 9.97 Å². The predicted molar refractivity (Wildman–Crippen MR) is 58.5 cm³/mol. The summed E-state index contributed by atoms with van der Waals surface area (Å²) in [5.74, 6) is 0.477. The number of carboxylic acids is 1. The molecule has 0 aliphatic heterocycles. The van der Waals surface area contributed by atoms with Crippen LogP contribution in [0.3, 0.4) is 0 Å². The standard InChI is InChI=1S/C8H12N4O2S/c9-5-4-6(10)12-8(11-5)15-3-1-2-7(13)14/h4H,1-3H2,(H,13,14)(H4,9,10,11,12). The molecule has 0 unspecified atom stereocenters. The van der Waals surface area contributed by atoms with E-state index in [1.165, 1.54) is 17.8 Å². The van der Waals surface area contributed by atoms with Crippen LogP contribution in [0.15, 0.2) is 11.2 Å². The lowest BCUT2D eigenvalue weighted by atomic mass is 10.3. The second-order valence-electron chi connectivity index (χ2n) is 2.85. The Hall–Kier alpha value is -1.50. The third-order valence-electron chi connectivity index (χ3n) is 1.51.